The maximum atomic E-state index is 13.4. The van der Waals surface area contributed by atoms with Crippen LogP contribution in [0.3, 0.4) is 0 Å². The number of hydrogen-bond acceptors (Lipinski definition) is 4. The Morgan fingerprint density at radius 2 is 1.61 bits per heavy atom. The summed E-state index contributed by atoms with van der Waals surface area (Å²) in [5.41, 5.74) is 6.51. The van der Waals surface area contributed by atoms with Crippen LogP contribution in [0.2, 0.25) is 0 Å². The van der Waals surface area contributed by atoms with Crippen LogP contribution in [0, 0.1) is 12.7 Å². The van der Waals surface area contributed by atoms with Gasteiger partial charge in [0.2, 0.25) is 6.41 Å². The van der Waals surface area contributed by atoms with Crippen LogP contribution in [0.1, 0.15) is 50.5 Å². The number of nitrogens with two attached hydrogens (primary N) is 1. The minimum absolute atomic E-state index is 0.250. The third-order valence-corrected chi connectivity index (χ3v) is 5.28. The van der Waals surface area contributed by atoms with Gasteiger partial charge in [-0.2, -0.15) is 0 Å². The highest BCUT2D eigenvalue weighted by molar-refractivity contribution is 6.62. The van der Waals surface area contributed by atoms with Crippen molar-refractivity contribution in [2.24, 2.45) is 5.73 Å². The molecule has 0 radical (unpaired) electrons. The quantitative estimate of drug-likeness (QED) is 0.627. The molecular weight excluding hydrogens is 360 g/mol. The molecule has 28 heavy (non-hydrogen) atoms. The van der Waals surface area contributed by atoms with Gasteiger partial charge in [-0.05, 0) is 63.3 Å². The monoisotopic (exact) mass is 387 g/mol. The Morgan fingerprint density at radius 3 is 2.11 bits per heavy atom. The van der Waals surface area contributed by atoms with Crippen LogP contribution >= 0.6 is 0 Å². The summed E-state index contributed by atoms with van der Waals surface area (Å²) in [6.07, 6.45) is -0.623. The number of benzene rings is 2. The standard InChI is InChI=1S/C20H24BFO3.CH3NO/c1-13-11-15(18(23)14-7-6-8-16(22)12-14)9-10-17(13)21-24-19(2,3)20(4,5)25-21;2-1-3/h6-12,18,23H,1-5H3;1H,(H2,2,3). The first kappa shape index (κ1) is 22.1. The number of aryl methyl sites for hydroxylation is 1. The molecule has 0 spiro atoms. The lowest BCUT2D eigenvalue weighted by atomic mass is 9.75. The smallest absolute Gasteiger partial charge is 0.399 e. The molecule has 1 saturated heterocycles. The molecule has 1 amide bonds. The number of hydrogen-bond donors (Lipinski definition) is 2. The van der Waals surface area contributed by atoms with Gasteiger partial charge in [0.05, 0.1) is 11.2 Å². The fourth-order valence-corrected chi connectivity index (χ4v) is 2.97. The van der Waals surface area contributed by atoms with E-state index in [1.165, 1.54) is 12.1 Å². The van der Waals surface area contributed by atoms with Gasteiger partial charge in [-0.1, -0.05) is 35.9 Å². The lowest BCUT2D eigenvalue weighted by Gasteiger charge is -2.32. The largest absolute Gasteiger partial charge is 0.495 e. The summed E-state index contributed by atoms with van der Waals surface area (Å²) in [7, 11) is -0.439. The molecule has 2 aromatic carbocycles. The number of carbonyl (C=O) groups excluding carboxylic acids is 1. The Labute approximate surface area is 165 Å². The lowest BCUT2D eigenvalue weighted by Crippen LogP contribution is -2.41. The first-order valence-corrected chi connectivity index (χ1v) is 9.07. The van der Waals surface area contributed by atoms with Crippen LogP contribution in [0.5, 0.6) is 0 Å². The predicted octanol–water partition coefficient (Wildman–Crippen LogP) is 2.62. The summed E-state index contributed by atoms with van der Waals surface area (Å²) in [4.78, 5) is 8.58. The maximum Gasteiger partial charge on any atom is 0.495 e. The van der Waals surface area contributed by atoms with E-state index in [2.05, 4.69) is 5.73 Å². The zero-order valence-corrected chi connectivity index (χ0v) is 16.9. The number of halogens is 1. The number of primary amides is 1. The molecule has 0 aromatic heterocycles. The molecule has 0 aliphatic carbocycles. The van der Waals surface area contributed by atoms with E-state index in [0.717, 1.165) is 11.0 Å². The second-order valence-electron chi connectivity index (χ2n) is 7.80. The number of amides is 1. The first-order chi connectivity index (χ1) is 13.0. The molecule has 1 atom stereocenters. The van der Waals surface area contributed by atoms with E-state index in [-0.39, 0.29) is 12.2 Å². The van der Waals surface area contributed by atoms with Gasteiger partial charge in [0.15, 0.2) is 0 Å². The van der Waals surface area contributed by atoms with E-state index in [4.69, 9.17) is 14.1 Å². The van der Waals surface area contributed by atoms with E-state index in [0.29, 0.717) is 11.1 Å². The van der Waals surface area contributed by atoms with Crippen molar-refractivity contribution in [3.05, 3.63) is 65.0 Å². The van der Waals surface area contributed by atoms with Crippen molar-refractivity contribution in [1.82, 2.24) is 0 Å². The second kappa shape index (κ2) is 8.43. The molecule has 2 aromatic rings. The average molecular weight is 387 g/mol. The van der Waals surface area contributed by atoms with Gasteiger partial charge in [-0.3, -0.25) is 4.79 Å². The molecule has 7 heteroatoms. The fraction of sp³-hybridized carbons (Fsp3) is 0.381. The zero-order valence-electron chi connectivity index (χ0n) is 16.9. The molecule has 3 N–H and O–H groups in total. The summed E-state index contributed by atoms with van der Waals surface area (Å²) in [5.74, 6) is -0.359. The Hall–Kier alpha value is -2.22. The molecule has 1 aliphatic rings. The summed E-state index contributed by atoms with van der Waals surface area (Å²) >= 11 is 0. The molecule has 1 heterocycles. The van der Waals surface area contributed by atoms with Crippen LogP contribution in [-0.4, -0.2) is 29.8 Å². The Balaban J connectivity index is 0.000000878. The van der Waals surface area contributed by atoms with Crippen molar-refractivity contribution < 1.29 is 23.6 Å². The second-order valence-corrected chi connectivity index (χ2v) is 7.80. The van der Waals surface area contributed by atoms with Gasteiger partial charge in [-0.15, -0.1) is 0 Å². The fourth-order valence-electron chi connectivity index (χ4n) is 2.97. The Bertz CT molecular complexity index is 825. The summed E-state index contributed by atoms with van der Waals surface area (Å²) in [6.45, 7) is 10.0. The predicted molar refractivity (Wildman–Crippen MR) is 108 cm³/mol. The van der Waals surface area contributed by atoms with Crippen LogP contribution in [0.25, 0.3) is 0 Å². The number of aliphatic hydroxyl groups is 1. The third kappa shape index (κ3) is 4.60. The molecule has 1 fully saturated rings. The van der Waals surface area contributed by atoms with Crippen LogP contribution < -0.4 is 11.2 Å². The minimum Gasteiger partial charge on any atom is -0.399 e. The van der Waals surface area contributed by atoms with E-state index in [1.807, 2.05) is 52.8 Å². The highest BCUT2D eigenvalue weighted by Crippen LogP contribution is 2.36. The van der Waals surface area contributed by atoms with E-state index < -0.39 is 24.4 Å². The molecule has 5 nitrogen and oxygen atoms in total. The normalized spacial score (nSPS) is 18.2. The van der Waals surface area contributed by atoms with Crippen molar-refractivity contribution >= 4 is 19.0 Å². The van der Waals surface area contributed by atoms with Crippen molar-refractivity contribution in [3.63, 3.8) is 0 Å². The van der Waals surface area contributed by atoms with E-state index in [9.17, 15) is 9.50 Å². The summed E-state index contributed by atoms with van der Waals surface area (Å²) in [6, 6.07) is 11.7. The molecule has 0 bridgehead atoms. The SMILES string of the molecule is Cc1cc(C(O)c2cccc(F)c2)ccc1B1OC(C)(C)C(C)(C)O1.NC=O. The molecule has 0 saturated carbocycles. The minimum atomic E-state index is -0.873. The lowest BCUT2D eigenvalue weighted by molar-refractivity contribution is -0.106. The molecule has 1 unspecified atom stereocenters. The number of carbonyl (C=O) groups is 1. The van der Waals surface area contributed by atoms with Crippen LogP contribution in [0.15, 0.2) is 42.5 Å². The average Bonchev–Trinajstić information content (AvgIpc) is 2.82. The molecule has 1 aliphatic heterocycles. The molecule has 3 rings (SSSR count). The Kier molecular flexibility index (Phi) is 6.65. The van der Waals surface area contributed by atoms with Crippen molar-refractivity contribution in [1.29, 1.82) is 0 Å². The Morgan fingerprint density at radius 1 is 1.07 bits per heavy atom. The van der Waals surface area contributed by atoms with Crippen LogP contribution in [-0.2, 0) is 14.1 Å². The highest BCUT2D eigenvalue weighted by Gasteiger charge is 2.52. The van der Waals surface area contributed by atoms with Crippen LogP contribution in [0.4, 0.5) is 4.39 Å². The third-order valence-electron chi connectivity index (χ3n) is 5.28. The van der Waals surface area contributed by atoms with E-state index in [1.54, 1.807) is 12.1 Å². The van der Waals surface area contributed by atoms with Crippen molar-refractivity contribution in [3.8, 4) is 0 Å². The first-order valence-electron chi connectivity index (χ1n) is 9.07. The van der Waals surface area contributed by atoms with Gasteiger partial charge in [0.1, 0.15) is 11.9 Å². The highest BCUT2D eigenvalue weighted by atomic mass is 19.1. The topological polar surface area (TPSA) is 81.8 Å². The van der Waals surface area contributed by atoms with Crippen molar-refractivity contribution in [2.45, 2.75) is 51.9 Å². The molecular formula is C21H27BFNO4. The van der Waals surface area contributed by atoms with E-state index >= 15 is 0 Å². The van der Waals surface area contributed by atoms with Gasteiger partial charge in [-0.25, -0.2) is 4.39 Å². The van der Waals surface area contributed by atoms with Gasteiger partial charge in [0.25, 0.3) is 0 Å². The number of rotatable bonds is 3. The maximum absolute atomic E-state index is 13.4. The summed E-state index contributed by atoms with van der Waals surface area (Å²) in [5, 5.41) is 10.5. The van der Waals surface area contributed by atoms with Gasteiger partial charge in [0, 0.05) is 0 Å². The van der Waals surface area contributed by atoms with Gasteiger partial charge >= 0.3 is 7.12 Å². The van der Waals surface area contributed by atoms with Gasteiger partial charge < -0.3 is 20.1 Å². The van der Waals surface area contributed by atoms with Crippen molar-refractivity contribution in [2.75, 3.05) is 0 Å². The zero-order chi connectivity index (χ0) is 21.1. The number of aliphatic hydroxyl groups excluding tert-OH is 1. The molecule has 150 valence electrons. The summed E-state index contributed by atoms with van der Waals surface area (Å²) < 4.78 is 25.6.